The molecule has 2 aromatic carbocycles. The fourth-order valence-electron chi connectivity index (χ4n) is 5.85. The number of ether oxygens (including phenoxy) is 2. The predicted molar refractivity (Wildman–Crippen MR) is 172 cm³/mol. The summed E-state index contributed by atoms with van der Waals surface area (Å²) in [5, 5.41) is 22.4. The summed E-state index contributed by atoms with van der Waals surface area (Å²) in [5.74, 6) is -0.911. The second kappa shape index (κ2) is 18.0. The van der Waals surface area contributed by atoms with Gasteiger partial charge in [0, 0.05) is 35.9 Å². The number of unbranched alkanes of at least 4 members (excludes halogenated alkanes) is 13. The molecule has 1 fully saturated rings. The van der Waals surface area contributed by atoms with Crippen LogP contribution in [0.2, 0.25) is 0 Å². The number of carbonyl (C=O) groups excluding carboxylic acids is 2. The lowest BCUT2D eigenvalue weighted by atomic mass is 9.94. The van der Waals surface area contributed by atoms with Gasteiger partial charge in [-0.05, 0) is 30.7 Å². The largest absolute Gasteiger partial charge is 0.507 e. The third-order valence-electron chi connectivity index (χ3n) is 8.38. The first-order valence-corrected chi connectivity index (χ1v) is 16.1. The second-order valence-corrected chi connectivity index (χ2v) is 11.5. The normalized spacial score (nSPS) is 16.0. The summed E-state index contributed by atoms with van der Waals surface area (Å²) in [5.41, 5.74) is 0.537. The highest BCUT2D eigenvalue weighted by atomic mass is 16.6. The Morgan fingerprint density at radius 2 is 1.36 bits per heavy atom. The molecule has 240 valence electrons. The molecule has 1 aliphatic rings. The van der Waals surface area contributed by atoms with Crippen molar-refractivity contribution in [2.75, 3.05) is 20.8 Å². The lowest BCUT2D eigenvalue weighted by Gasteiger charge is -2.27. The highest BCUT2D eigenvalue weighted by Gasteiger charge is 2.46. The number of nitro groups is 1. The van der Waals surface area contributed by atoms with Crippen molar-refractivity contribution in [2.45, 2.75) is 103 Å². The molecule has 1 atom stereocenters. The van der Waals surface area contributed by atoms with Crippen LogP contribution in [0.25, 0.3) is 5.76 Å². The van der Waals surface area contributed by atoms with Crippen molar-refractivity contribution >= 4 is 23.1 Å². The molecule has 3 rings (SSSR count). The third-order valence-corrected chi connectivity index (χ3v) is 8.38. The number of benzene rings is 2. The van der Waals surface area contributed by atoms with E-state index in [0.717, 1.165) is 25.7 Å². The molecule has 0 saturated carbocycles. The average Bonchev–Trinajstić information content (AvgIpc) is 3.29. The van der Waals surface area contributed by atoms with Crippen LogP contribution in [0.4, 0.5) is 5.69 Å². The quantitative estimate of drug-likeness (QED) is 0.0399. The number of carbonyl (C=O) groups is 2. The maximum Gasteiger partial charge on any atom is 0.295 e. The van der Waals surface area contributed by atoms with Crippen molar-refractivity contribution in [3.63, 3.8) is 0 Å². The van der Waals surface area contributed by atoms with E-state index in [1.54, 1.807) is 18.2 Å². The number of nitro benzene ring substituents is 1. The summed E-state index contributed by atoms with van der Waals surface area (Å²) >= 11 is 0. The van der Waals surface area contributed by atoms with Crippen LogP contribution < -0.4 is 9.47 Å². The minimum Gasteiger partial charge on any atom is -0.507 e. The number of Topliss-reactive ketones (excluding diaryl/α,β-unsaturated/α-hetero) is 1. The van der Waals surface area contributed by atoms with Crippen molar-refractivity contribution in [1.29, 1.82) is 0 Å². The molecule has 0 radical (unpaired) electrons. The summed E-state index contributed by atoms with van der Waals surface area (Å²) in [4.78, 5) is 38.8. The van der Waals surface area contributed by atoms with Crippen molar-refractivity contribution < 1.29 is 29.1 Å². The molecule has 1 heterocycles. The molecule has 2 aromatic rings. The first kappa shape index (κ1) is 34.6. The van der Waals surface area contributed by atoms with Crippen molar-refractivity contribution in [2.24, 2.45) is 0 Å². The number of nitrogens with zero attached hydrogens (tertiary/aromatic N) is 2. The number of non-ortho nitro benzene ring substituents is 1. The van der Waals surface area contributed by atoms with E-state index < -0.39 is 22.7 Å². The lowest BCUT2D eigenvalue weighted by Crippen LogP contribution is -2.31. The zero-order valence-electron chi connectivity index (χ0n) is 26.5. The van der Waals surface area contributed by atoms with Crippen molar-refractivity contribution in [1.82, 2.24) is 4.90 Å². The van der Waals surface area contributed by atoms with Gasteiger partial charge >= 0.3 is 0 Å². The molecule has 0 spiro atoms. The molecule has 9 nitrogen and oxygen atoms in total. The Bertz CT molecular complexity index is 1270. The first-order valence-electron chi connectivity index (χ1n) is 16.1. The van der Waals surface area contributed by atoms with E-state index in [4.69, 9.17) is 9.47 Å². The minimum absolute atomic E-state index is 0.0716. The van der Waals surface area contributed by atoms with E-state index in [0.29, 0.717) is 23.6 Å². The maximum absolute atomic E-state index is 13.4. The second-order valence-electron chi connectivity index (χ2n) is 11.5. The van der Waals surface area contributed by atoms with Gasteiger partial charge in [0.2, 0.25) is 0 Å². The molecule has 1 aliphatic heterocycles. The van der Waals surface area contributed by atoms with E-state index in [2.05, 4.69) is 6.92 Å². The monoisotopic (exact) mass is 608 g/mol. The molecule has 0 aromatic heterocycles. The number of likely N-dealkylation sites (tertiary alicyclic amines) is 1. The smallest absolute Gasteiger partial charge is 0.295 e. The Labute approximate surface area is 261 Å². The Hall–Kier alpha value is -3.88. The third kappa shape index (κ3) is 9.31. The fraction of sp³-hybridized carbons (Fsp3) is 0.543. The molecule has 9 heteroatoms. The number of hydrogen-bond acceptors (Lipinski definition) is 7. The molecular formula is C35H48N2O7. The van der Waals surface area contributed by atoms with Crippen LogP contribution >= 0.6 is 0 Å². The molecule has 0 bridgehead atoms. The zero-order valence-corrected chi connectivity index (χ0v) is 26.5. The SMILES string of the molecule is CCCCCCCCCCCCCCCCN1C(=O)C(=O)C(=C(O)c2ccc([N+](=O)[O-])cc2)C1c1ccc(OC)cc1OC. The summed E-state index contributed by atoms with van der Waals surface area (Å²) < 4.78 is 10.9. The first-order chi connectivity index (χ1) is 21.3. The van der Waals surface area contributed by atoms with Gasteiger partial charge < -0.3 is 19.5 Å². The van der Waals surface area contributed by atoms with Crippen LogP contribution in [0.3, 0.4) is 0 Å². The highest BCUT2D eigenvalue weighted by molar-refractivity contribution is 6.46. The number of aliphatic hydroxyl groups excluding tert-OH is 1. The van der Waals surface area contributed by atoms with Crippen LogP contribution in [0.5, 0.6) is 11.5 Å². The van der Waals surface area contributed by atoms with E-state index in [1.165, 1.54) is 108 Å². The molecule has 44 heavy (non-hydrogen) atoms. The van der Waals surface area contributed by atoms with Crippen LogP contribution in [0.1, 0.15) is 114 Å². The zero-order chi connectivity index (χ0) is 31.9. The summed E-state index contributed by atoms with van der Waals surface area (Å²) in [6.45, 7) is 2.59. The number of ketones is 1. The fourth-order valence-corrected chi connectivity index (χ4v) is 5.85. The van der Waals surface area contributed by atoms with Gasteiger partial charge in [-0.1, -0.05) is 90.4 Å². The Morgan fingerprint density at radius 1 is 0.818 bits per heavy atom. The Balaban J connectivity index is 1.67. The average molecular weight is 609 g/mol. The van der Waals surface area contributed by atoms with Crippen LogP contribution in [0, 0.1) is 10.1 Å². The molecule has 0 aliphatic carbocycles. The number of aliphatic hydroxyl groups is 1. The van der Waals surface area contributed by atoms with Crippen LogP contribution in [0.15, 0.2) is 48.0 Å². The van der Waals surface area contributed by atoms with E-state index in [9.17, 15) is 24.8 Å². The van der Waals surface area contributed by atoms with Gasteiger partial charge in [0.15, 0.2) is 0 Å². The maximum atomic E-state index is 13.4. The number of hydrogen-bond donors (Lipinski definition) is 1. The van der Waals surface area contributed by atoms with Crippen LogP contribution in [-0.4, -0.2) is 47.4 Å². The molecule has 1 saturated heterocycles. The van der Waals surface area contributed by atoms with Gasteiger partial charge in [0.25, 0.3) is 17.4 Å². The van der Waals surface area contributed by atoms with Crippen LogP contribution in [-0.2, 0) is 9.59 Å². The number of rotatable bonds is 20. The van der Waals surface area contributed by atoms with E-state index >= 15 is 0 Å². The summed E-state index contributed by atoms with van der Waals surface area (Å²) in [7, 11) is 3.03. The Kier molecular flexibility index (Phi) is 14.2. The van der Waals surface area contributed by atoms with E-state index in [-0.39, 0.29) is 22.6 Å². The number of methoxy groups -OCH3 is 2. The molecule has 1 amide bonds. The van der Waals surface area contributed by atoms with Gasteiger partial charge in [-0.15, -0.1) is 0 Å². The molecule has 1 N–H and O–H groups in total. The lowest BCUT2D eigenvalue weighted by molar-refractivity contribution is -0.384. The predicted octanol–water partition coefficient (Wildman–Crippen LogP) is 8.52. The van der Waals surface area contributed by atoms with Gasteiger partial charge in [-0.2, -0.15) is 0 Å². The summed E-state index contributed by atoms with van der Waals surface area (Å²) in [6.07, 6.45) is 17.0. The minimum atomic E-state index is -0.881. The Morgan fingerprint density at radius 3 is 1.86 bits per heavy atom. The van der Waals surface area contributed by atoms with Gasteiger partial charge in [0.05, 0.1) is 30.8 Å². The van der Waals surface area contributed by atoms with Gasteiger partial charge in [-0.3, -0.25) is 19.7 Å². The molecular weight excluding hydrogens is 560 g/mol. The van der Waals surface area contributed by atoms with Gasteiger partial charge in [0.1, 0.15) is 17.3 Å². The summed E-state index contributed by atoms with van der Waals surface area (Å²) in [6, 6.07) is 9.49. The van der Waals surface area contributed by atoms with Crippen molar-refractivity contribution in [3.8, 4) is 11.5 Å². The highest BCUT2D eigenvalue weighted by Crippen LogP contribution is 2.44. The van der Waals surface area contributed by atoms with E-state index in [1.807, 2.05) is 0 Å². The standard InChI is InChI=1S/C35H48N2O7/c1-4-5-6-7-8-9-10-11-12-13-14-15-16-17-24-36-32(29-23-22-28(43-2)25-30(29)44-3)31(34(39)35(36)40)33(38)26-18-20-27(21-19-26)37(41)42/h18-23,25,32,38H,4-17,24H2,1-3H3. The van der Waals surface area contributed by atoms with Gasteiger partial charge in [-0.25, -0.2) is 0 Å². The number of amides is 1. The topological polar surface area (TPSA) is 119 Å². The molecule has 1 unspecified atom stereocenters. The van der Waals surface area contributed by atoms with Crippen molar-refractivity contribution in [3.05, 3.63) is 69.3 Å².